The zero-order chi connectivity index (χ0) is 13.7. The molecule has 0 spiro atoms. The molecule has 96 valence electrons. The van der Waals surface area contributed by atoms with E-state index in [1.165, 1.54) is 0 Å². The van der Waals surface area contributed by atoms with Crippen molar-refractivity contribution in [1.82, 2.24) is 5.32 Å². The number of carbonyl (C=O) groups excluding carboxylic acids is 1. The molecule has 0 aliphatic carbocycles. The van der Waals surface area contributed by atoms with Crippen molar-refractivity contribution in [3.63, 3.8) is 0 Å². The molecule has 0 unspecified atom stereocenters. The fraction of sp³-hybridized carbons (Fsp3) is 0.0667. The highest BCUT2D eigenvalue weighted by Gasteiger charge is 2.07. The highest BCUT2D eigenvalue weighted by Crippen LogP contribution is 2.05. The second kappa shape index (κ2) is 6.11. The van der Waals surface area contributed by atoms with Crippen molar-refractivity contribution in [2.24, 2.45) is 0 Å². The van der Waals surface area contributed by atoms with Crippen LogP contribution in [0.4, 0.5) is 5.69 Å². The third-order valence-electron chi connectivity index (χ3n) is 2.57. The largest absolute Gasteiger partial charge is 0.332 e. The SMILES string of the molecule is Cc1ccc(C(=O)NC(=S)Nc2ccccc2)cc1. The molecule has 0 atom stereocenters. The average Bonchev–Trinajstić information content (AvgIpc) is 2.40. The monoisotopic (exact) mass is 270 g/mol. The quantitative estimate of drug-likeness (QED) is 0.824. The van der Waals surface area contributed by atoms with Gasteiger partial charge in [0.25, 0.3) is 5.91 Å². The molecule has 0 fully saturated rings. The fourth-order valence-electron chi connectivity index (χ4n) is 1.56. The van der Waals surface area contributed by atoms with Gasteiger partial charge in [0.15, 0.2) is 5.11 Å². The first-order valence-electron chi connectivity index (χ1n) is 5.89. The van der Waals surface area contributed by atoms with E-state index >= 15 is 0 Å². The van der Waals surface area contributed by atoms with Crippen LogP contribution in [0.3, 0.4) is 0 Å². The Bertz CT molecular complexity index is 579. The van der Waals surface area contributed by atoms with Crippen LogP contribution in [0.25, 0.3) is 0 Å². The summed E-state index contributed by atoms with van der Waals surface area (Å²) in [7, 11) is 0. The summed E-state index contributed by atoms with van der Waals surface area (Å²) in [5, 5.41) is 5.89. The number of para-hydroxylation sites is 1. The van der Waals surface area contributed by atoms with Gasteiger partial charge in [-0.15, -0.1) is 0 Å². The van der Waals surface area contributed by atoms with Crippen molar-refractivity contribution in [2.75, 3.05) is 5.32 Å². The lowest BCUT2D eigenvalue weighted by Gasteiger charge is -2.09. The number of aryl methyl sites for hydroxylation is 1. The summed E-state index contributed by atoms with van der Waals surface area (Å²) in [5.74, 6) is -0.214. The van der Waals surface area contributed by atoms with Gasteiger partial charge in [0.1, 0.15) is 0 Å². The molecule has 19 heavy (non-hydrogen) atoms. The van der Waals surface area contributed by atoms with Crippen molar-refractivity contribution in [1.29, 1.82) is 0 Å². The van der Waals surface area contributed by atoms with Crippen LogP contribution >= 0.6 is 12.2 Å². The van der Waals surface area contributed by atoms with Crippen LogP contribution in [0.2, 0.25) is 0 Å². The first-order valence-corrected chi connectivity index (χ1v) is 6.30. The van der Waals surface area contributed by atoms with Gasteiger partial charge in [-0.25, -0.2) is 0 Å². The zero-order valence-electron chi connectivity index (χ0n) is 10.5. The van der Waals surface area contributed by atoms with E-state index in [1.807, 2.05) is 49.4 Å². The normalized spacial score (nSPS) is 9.74. The van der Waals surface area contributed by atoms with Crippen molar-refractivity contribution in [3.8, 4) is 0 Å². The van der Waals surface area contributed by atoms with Gasteiger partial charge in [-0.05, 0) is 43.4 Å². The number of rotatable bonds is 2. The van der Waals surface area contributed by atoms with Crippen molar-refractivity contribution in [3.05, 3.63) is 65.7 Å². The maximum absolute atomic E-state index is 11.9. The van der Waals surface area contributed by atoms with Gasteiger partial charge in [0.05, 0.1) is 0 Å². The number of carbonyl (C=O) groups is 1. The molecular weight excluding hydrogens is 256 g/mol. The fourth-order valence-corrected chi connectivity index (χ4v) is 1.77. The van der Waals surface area contributed by atoms with E-state index in [9.17, 15) is 4.79 Å². The summed E-state index contributed by atoms with van der Waals surface area (Å²) < 4.78 is 0. The number of benzene rings is 2. The minimum atomic E-state index is -0.214. The summed E-state index contributed by atoms with van der Waals surface area (Å²) in [6, 6.07) is 16.8. The molecule has 1 amide bonds. The van der Waals surface area contributed by atoms with E-state index in [-0.39, 0.29) is 11.0 Å². The molecule has 3 nitrogen and oxygen atoms in total. The molecule has 0 radical (unpaired) electrons. The van der Waals surface area contributed by atoms with E-state index in [0.717, 1.165) is 11.3 Å². The summed E-state index contributed by atoms with van der Waals surface area (Å²) in [4.78, 5) is 11.9. The molecule has 0 heterocycles. The Morgan fingerprint density at radius 3 is 2.26 bits per heavy atom. The minimum Gasteiger partial charge on any atom is -0.332 e. The van der Waals surface area contributed by atoms with Crippen LogP contribution in [0.1, 0.15) is 15.9 Å². The minimum absolute atomic E-state index is 0.214. The molecular formula is C15H14N2OS. The number of thiocarbonyl (C=S) groups is 1. The highest BCUT2D eigenvalue weighted by molar-refractivity contribution is 7.80. The van der Waals surface area contributed by atoms with Gasteiger partial charge in [0, 0.05) is 11.3 Å². The van der Waals surface area contributed by atoms with Crippen LogP contribution < -0.4 is 10.6 Å². The molecule has 2 rings (SSSR count). The van der Waals surface area contributed by atoms with Gasteiger partial charge >= 0.3 is 0 Å². The first-order chi connectivity index (χ1) is 9.15. The molecule has 2 aromatic rings. The molecule has 2 N–H and O–H groups in total. The van der Waals surface area contributed by atoms with Crippen molar-refractivity contribution >= 4 is 28.9 Å². The van der Waals surface area contributed by atoms with Crippen LogP contribution in [0.15, 0.2) is 54.6 Å². The third-order valence-corrected chi connectivity index (χ3v) is 2.78. The Kier molecular flexibility index (Phi) is 4.26. The Morgan fingerprint density at radius 2 is 1.63 bits per heavy atom. The third kappa shape index (κ3) is 3.89. The molecule has 0 aliphatic rings. The Morgan fingerprint density at radius 1 is 1.00 bits per heavy atom. The number of amides is 1. The summed E-state index contributed by atoms with van der Waals surface area (Å²) >= 11 is 5.09. The van der Waals surface area contributed by atoms with Crippen LogP contribution in [0, 0.1) is 6.92 Å². The summed E-state index contributed by atoms with van der Waals surface area (Å²) in [6.45, 7) is 1.98. The van der Waals surface area contributed by atoms with Gasteiger partial charge in [0.2, 0.25) is 0 Å². The van der Waals surface area contributed by atoms with E-state index < -0.39 is 0 Å². The molecule has 0 aromatic heterocycles. The predicted octanol–water partition coefficient (Wildman–Crippen LogP) is 3.12. The maximum atomic E-state index is 11.9. The summed E-state index contributed by atoms with van der Waals surface area (Å²) in [6.07, 6.45) is 0. The van der Waals surface area contributed by atoms with Gasteiger partial charge in [-0.3, -0.25) is 10.1 Å². The standard InChI is InChI=1S/C15H14N2OS/c1-11-7-9-12(10-8-11)14(18)17-15(19)16-13-5-3-2-4-6-13/h2-10H,1H3,(H2,16,17,18,19). The van der Waals surface area contributed by atoms with Gasteiger partial charge in [-0.2, -0.15) is 0 Å². The molecule has 4 heteroatoms. The molecule has 0 bridgehead atoms. The molecule has 0 saturated heterocycles. The van der Waals surface area contributed by atoms with Crippen molar-refractivity contribution in [2.45, 2.75) is 6.92 Å². The molecule has 0 saturated carbocycles. The Balaban J connectivity index is 1.95. The molecule has 2 aromatic carbocycles. The number of hydrogen-bond acceptors (Lipinski definition) is 2. The topological polar surface area (TPSA) is 41.1 Å². The summed E-state index contributed by atoms with van der Waals surface area (Å²) in [5.41, 5.74) is 2.54. The zero-order valence-corrected chi connectivity index (χ0v) is 11.3. The maximum Gasteiger partial charge on any atom is 0.257 e. The van der Waals surface area contributed by atoms with E-state index in [2.05, 4.69) is 10.6 Å². The second-order valence-corrected chi connectivity index (χ2v) is 4.55. The van der Waals surface area contributed by atoms with E-state index in [4.69, 9.17) is 12.2 Å². The molecule has 0 aliphatic heterocycles. The van der Waals surface area contributed by atoms with Crippen LogP contribution in [-0.2, 0) is 0 Å². The predicted molar refractivity (Wildman–Crippen MR) is 81.3 cm³/mol. The van der Waals surface area contributed by atoms with E-state index in [0.29, 0.717) is 5.56 Å². The van der Waals surface area contributed by atoms with Gasteiger partial charge < -0.3 is 5.32 Å². The number of hydrogen-bond donors (Lipinski definition) is 2. The van der Waals surface area contributed by atoms with Crippen LogP contribution in [-0.4, -0.2) is 11.0 Å². The smallest absolute Gasteiger partial charge is 0.257 e. The van der Waals surface area contributed by atoms with Crippen LogP contribution in [0.5, 0.6) is 0 Å². The first kappa shape index (κ1) is 13.2. The highest BCUT2D eigenvalue weighted by atomic mass is 32.1. The van der Waals surface area contributed by atoms with E-state index in [1.54, 1.807) is 12.1 Å². The lowest BCUT2D eigenvalue weighted by Crippen LogP contribution is -2.34. The second-order valence-electron chi connectivity index (χ2n) is 4.14. The van der Waals surface area contributed by atoms with Crippen molar-refractivity contribution < 1.29 is 4.79 Å². The number of anilines is 1. The Labute approximate surface area is 117 Å². The van der Waals surface area contributed by atoms with Gasteiger partial charge in [-0.1, -0.05) is 35.9 Å². The Hall–Kier alpha value is -2.20. The lowest BCUT2D eigenvalue weighted by atomic mass is 10.1. The lowest BCUT2D eigenvalue weighted by molar-refractivity contribution is 0.0978. The number of nitrogens with one attached hydrogen (secondary N) is 2. The average molecular weight is 270 g/mol.